The highest BCUT2D eigenvalue weighted by Gasteiger charge is 2.13. The molecule has 2 heteroatoms. The molecule has 2 rings (SSSR count). The van der Waals surface area contributed by atoms with Crippen molar-refractivity contribution < 1.29 is 4.74 Å². The Morgan fingerprint density at radius 3 is 2.75 bits per heavy atom. The molecular weight excluding hydrogens is 198 g/mol. The van der Waals surface area contributed by atoms with Crippen molar-refractivity contribution in [3.63, 3.8) is 0 Å². The Labute approximate surface area is 98.0 Å². The third-order valence-electron chi connectivity index (χ3n) is 3.02. The molecule has 1 N–H and O–H groups in total. The summed E-state index contributed by atoms with van der Waals surface area (Å²) in [5.41, 5.74) is 1.40. The molecule has 1 fully saturated rings. The van der Waals surface area contributed by atoms with E-state index in [2.05, 4.69) is 36.5 Å². The van der Waals surface area contributed by atoms with E-state index >= 15 is 0 Å². The monoisotopic (exact) mass is 219 g/mol. The van der Waals surface area contributed by atoms with Gasteiger partial charge in [-0.25, -0.2) is 0 Å². The molecule has 0 aliphatic carbocycles. The van der Waals surface area contributed by atoms with E-state index < -0.39 is 0 Å². The SMILES string of the molecule is CCCc1ccc(OC2CCCNC2)cc1. The summed E-state index contributed by atoms with van der Waals surface area (Å²) in [4.78, 5) is 0. The molecule has 2 nitrogen and oxygen atoms in total. The van der Waals surface area contributed by atoms with E-state index in [0.717, 1.165) is 25.3 Å². The van der Waals surface area contributed by atoms with Crippen molar-refractivity contribution in [1.82, 2.24) is 5.32 Å². The second-order valence-corrected chi connectivity index (χ2v) is 4.48. The lowest BCUT2D eigenvalue weighted by atomic mass is 10.1. The largest absolute Gasteiger partial charge is 0.489 e. The minimum atomic E-state index is 0.353. The Balaban J connectivity index is 1.88. The van der Waals surface area contributed by atoms with Crippen LogP contribution in [0.25, 0.3) is 0 Å². The fourth-order valence-corrected chi connectivity index (χ4v) is 2.14. The number of rotatable bonds is 4. The molecule has 1 heterocycles. The summed E-state index contributed by atoms with van der Waals surface area (Å²) < 4.78 is 5.93. The minimum Gasteiger partial charge on any atom is -0.489 e. The van der Waals surface area contributed by atoms with Crippen molar-refractivity contribution in [2.75, 3.05) is 13.1 Å². The van der Waals surface area contributed by atoms with Gasteiger partial charge in [0.25, 0.3) is 0 Å². The lowest BCUT2D eigenvalue weighted by molar-refractivity contribution is 0.167. The summed E-state index contributed by atoms with van der Waals surface area (Å²) in [6.45, 7) is 4.32. The molecule has 0 radical (unpaired) electrons. The van der Waals surface area contributed by atoms with Crippen molar-refractivity contribution in [2.24, 2.45) is 0 Å². The predicted octanol–water partition coefficient (Wildman–Crippen LogP) is 2.77. The first-order chi connectivity index (χ1) is 7.88. The summed E-state index contributed by atoms with van der Waals surface area (Å²) in [7, 11) is 0. The van der Waals surface area contributed by atoms with E-state index in [1.807, 2.05) is 0 Å². The minimum absolute atomic E-state index is 0.353. The van der Waals surface area contributed by atoms with Gasteiger partial charge in [0.1, 0.15) is 11.9 Å². The topological polar surface area (TPSA) is 21.3 Å². The molecule has 1 atom stereocenters. The fourth-order valence-electron chi connectivity index (χ4n) is 2.14. The van der Waals surface area contributed by atoms with Gasteiger partial charge in [-0.2, -0.15) is 0 Å². The van der Waals surface area contributed by atoms with Crippen LogP contribution in [0.15, 0.2) is 24.3 Å². The quantitative estimate of drug-likeness (QED) is 0.840. The van der Waals surface area contributed by atoms with Gasteiger partial charge in [-0.15, -0.1) is 0 Å². The van der Waals surface area contributed by atoms with Crippen molar-refractivity contribution >= 4 is 0 Å². The van der Waals surface area contributed by atoms with Crippen molar-refractivity contribution in [3.8, 4) is 5.75 Å². The summed E-state index contributed by atoms with van der Waals surface area (Å²) in [5, 5.41) is 3.36. The molecule has 1 aliphatic rings. The molecule has 0 bridgehead atoms. The van der Waals surface area contributed by atoms with Gasteiger partial charge in [0.05, 0.1) is 0 Å². The average molecular weight is 219 g/mol. The highest BCUT2D eigenvalue weighted by atomic mass is 16.5. The van der Waals surface area contributed by atoms with Crippen LogP contribution >= 0.6 is 0 Å². The van der Waals surface area contributed by atoms with Crippen molar-refractivity contribution in [1.29, 1.82) is 0 Å². The van der Waals surface area contributed by atoms with Crippen LogP contribution in [0.5, 0.6) is 5.75 Å². The van der Waals surface area contributed by atoms with Crippen LogP contribution in [0.4, 0.5) is 0 Å². The molecule has 1 unspecified atom stereocenters. The number of aryl methyl sites for hydroxylation is 1. The van der Waals surface area contributed by atoms with Gasteiger partial charge in [-0.1, -0.05) is 25.5 Å². The van der Waals surface area contributed by atoms with Crippen LogP contribution in [0, 0.1) is 0 Å². The summed E-state index contributed by atoms with van der Waals surface area (Å²) >= 11 is 0. The Morgan fingerprint density at radius 1 is 1.31 bits per heavy atom. The van der Waals surface area contributed by atoms with Crippen LogP contribution in [-0.2, 0) is 6.42 Å². The maximum Gasteiger partial charge on any atom is 0.119 e. The highest BCUT2D eigenvalue weighted by Crippen LogP contribution is 2.17. The van der Waals surface area contributed by atoms with Crippen LogP contribution in [0.2, 0.25) is 0 Å². The Kier molecular flexibility index (Phi) is 4.23. The summed E-state index contributed by atoms with van der Waals surface area (Å²) in [6.07, 6.45) is 5.10. The fraction of sp³-hybridized carbons (Fsp3) is 0.571. The van der Waals surface area contributed by atoms with E-state index in [9.17, 15) is 0 Å². The number of ether oxygens (including phenoxy) is 1. The number of piperidine rings is 1. The zero-order chi connectivity index (χ0) is 11.2. The zero-order valence-corrected chi connectivity index (χ0v) is 10.0. The first-order valence-electron chi connectivity index (χ1n) is 6.35. The van der Waals surface area contributed by atoms with Gasteiger partial charge in [-0.05, 0) is 43.5 Å². The normalized spacial score (nSPS) is 20.7. The first-order valence-corrected chi connectivity index (χ1v) is 6.35. The zero-order valence-electron chi connectivity index (χ0n) is 10.0. The molecular formula is C14H21NO. The van der Waals surface area contributed by atoms with E-state index in [1.54, 1.807) is 0 Å². The van der Waals surface area contributed by atoms with Crippen LogP contribution < -0.4 is 10.1 Å². The lowest BCUT2D eigenvalue weighted by Gasteiger charge is -2.24. The van der Waals surface area contributed by atoms with Gasteiger partial charge < -0.3 is 10.1 Å². The molecule has 1 aromatic carbocycles. The number of benzene rings is 1. The standard InChI is InChI=1S/C14H21NO/c1-2-4-12-6-8-13(9-7-12)16-14-5-3-10-15-11-14/h6-9,14-15H,2-5,10-11H2,1H3. The van der Waals surface area contributed by atoms with Crippen molar-refractivity contribution in [2.45, 2.75) is 38.7 Å². The molecule has 16 heavy (non-hydrogen) atoms. The number of hydrogen-bond donors (Lipinski definition) is 1. The van der Waals surface area contributed by atoms with Gasteiger partial charge in [0.15, 0.2) is 0 Å². The van der Waals surface area contributed by atoms with Crippen LogP contribution in [-0.4, -0.2) is 19.2 Å². The number of nitrogens with one attached hydrogen (secondary N) is 1. The molecule has 1 aromatic rings. The maximum atomic E-state index is 5.93. The Hall–Kier alpha value is -1.02. The average Bonchev–Trinajstić information content (AvgIpc) is 2.33. The summed E-state index contributed by atoms with van der Waals surface area (Å²) in [5.74, 6) is 1.01. The maximum absolute atomic E-state index is 5.93. The van der Waals surface area contributed by atoms with Gasteiger partial charge in [-0.3, -0.25) is 0 Å². The molecule has 0 aromatic heterocycles. The molecule has 1 saturated heterocycles. The third kappa shape index (κ3) is 3.24. The van der Waals surface area contributed by atoms with E-state index in [4.69, 9.17) is 4.74 Å². The van der Waals surface area contributed by atoms with E-state index in [-0.39, 0.29) is 0 Å². The predicted molar refractivity (Wildman–Crippen MR) is 67.0 cm³/mol. The second kappa shape index (κ2) is 5.90. The smallest absolute Gasteiger partial charge is 0.119 e. The lowest BCUT2D eigenvalue weighted by Crippen LogP contribution is -2.37. The molecule has 0 saturated carbocycles. The number of hydrogen-bond acceptors (Lipinski definition) is 2. The van der Waals surface area contributed by atoms with Gasteiger partial charge >= 0.3 is 0 Å². The highest BCUT2D eigenvalue weighted by molar-refractivity contribution is 5.27. The molecule has 88 valence electrons. The third-order valence-corrected chi connectivity index (χ3v) is 3.02. The van der Waals surface area contributed by atoms with Gasteiger partial charge in [0.2, 0.25) is 0 Å². The summed E-state index contributed by atoms with van der Waals surface area (Å²) in [6, 6.07) is 8.55. The molecule has 0 spiro atoms. The van der Waals surface area contributed by atoms with Crippen molar-refractivity contribution in [3.05, 3.63) is 29.8 Å². The first kappa shape index (κ1) is 11.5. The Morgan fingerprint density at radius 2 is 2.12 bits per heavy atom. The van der Waals surface area contributed by atoms with E-state index in [0.29, 0.717) is 6.10 Å². The van der Waals surface area contributed by atoms with Gasteiger partial charge in [0, 0.05) is 6.54 Å². The Bertz CT molecular complexity index is 301. The van der Waals surface area contributed by atoms with Crippen LogP contribution in [0.1, 0.15) is 31.7 Å². The van der Waals surface area contributed by atoms with E-state index in [1.165, 1.54) is 24.8 Å². The molecule has 1 aliphatic heterocycles. The molecule has 0 amide bonds. The second-order valence-electron chi connectivity index (χ2n) is 4.48. The van der Waals surface area contributed by atoms with Crippen LogP contribution in [0.3, 0.4) is 0 Å².